The van der Waals surface area contributed by atoms with Crippen LogP contribution in [0, 0.1) is 0 Å². The zero-order valence-electron chi connectivity index (χ0n) is 25.7. The van der Waals surface area contributed by atoms with E-state index in [0.717, 1.165) is 50.8 Å². The Balaban J connectivity index is 1.19. The summed E-state index contributed by atoms with van der Waals surface area (Å²) < 4.78 is 10.9. The Bertz CT molecular complexity index is 2320. The molecule has 0 N–H and O–H groups in total. The lowest BCUT2D eigenvalue weighted by molar-refractivity contribution is 0.483. The smallest absolute Gasteiger partial charge is 0.144 e. The molecule has 0 fully saturated rings. The monoisotopic (exact) mass is 596 g/mol. The van der Waals surface area contributed by atoms with Crippen LogP contribution in [0.3, 0.4) is 0 Å². The predicted octanol–water partition coefficient (Wildman–Crippen LogP) is 10.1. The van der Waals surface area contributed by atoms with E-state index in [0.29, 0.717) is 0 Å². The zero-order valence-corrected chi connectivity index (χ0v) is 25.7. The summed E-state index contributed by atoms with van der Waals surface area (Å²) in [5.74, 6) is 3.23. The van der Waals surface area contributed by atoms with Crippen LogP contribution in [0.1, 0.15) is 25.0 Å². The number of imidazole rings is 1. The average Bonchev–Trinajstić information content (AvgIpc) is 3.73. The Kier molecular flexibility index (Phi) is 6.72. The van der Waals surface area contributed by atoms with Gasteiger partial charge in [0.1, 0.15) is 23.1 Å². The number of hydrogen-bond acceptors (Lipinski definition) is 3. The maximum atomic E-state index is 6.52. The van der Waals surface area contributed by atoms with Crippen molar-refractivity contribution >= 4 is 21.8 Å². The van der Waals surface area contributed by atoms with Crippen LogP contribution >= 0.6 is 0 Å². The fourth-order valence-corrected chi connectivity index (χ4v) is 6.36. The third kappa shape index (κ3) is 4.83. The molecule has 5 aromatic carbocycles. The van der Waals surface area contributed by atoms with Crippen molar-refractivity contribution in [3.63, 3.8) is 0 Å². The summed E-state index contributed by atoms with van der Waals surface area (Å²) in [6.07, 6.45) is 5.72. The highest BCUT2D eigenvalue weighted by atomic mass is 16.5. The Labute approximate surface area is 268 Å². The number of hydrogen-bond donors (Lipinski definition) is 0. The van der Waals surface area contributed by atoms with Crippen molar-refractivity contribution in [2.45, 2.75) is 19.3 Å². The molecule has 3 aromatic heterocycles. The fourth-order valence-electron chi connectivity index (χ4n) is 6.36. The van der Waals surface area contributed by atoms with E-state index in [1.165, 1.54) is 16.5 Å². The first kappa shape index (κ1) is 27.6. The van der Waals surface area contributed by atoms with Crippen LogP contribution in [0.5, 0.6) is 11.5 Å². The van der Waals surface area contributed by atoms with Crippen LogP contribution in [0.15, 0.2) is 158 Å². The molecule has 3 heterocycles. The fraction of sp³-hybridized carbons (Fsp3) is 0.0732. The molecular formula is C41H32N4O. The van der Waals surface area contributed by atoms with Crippen molar-refractivity contribution < 1.29 is 4.74 Å². The van der Waals surface area contributed by atoms with E-state index in [-0.39, 0.29) is 5.41 Å². The molecule has 0 atom stereocenters. The van der Waals surface area contributed by atoms with Gasteiger partial charge in [-0.15, -0.1) is 0 Å². The number of fused-ring (bicyclic) bond motifs is 3. The van der Waals surface area contributed by atoms with E-state index in [9.17, 15) is 0 Å². The van der Waals surface area contributed by atoms with Crippen LogP contribution in [0.4, 0.5) is 0 Å². The minimum atomic E-state index is -0.188. The number of para-hydroxylation sites is 2. The molecule has 0 bridgehead atoms. The van der Waals surface area contributed by atoms with Crippen molar-refractivity contribution in [3.8, 4) is 34.4 Å². The molecule has 8 rings (SSSR count). The summed E-state index contributed by atoms with van der Waals surface area (Å²) in [5.41, 5.74) is 6.45. The molecule has 0 spiro atoms. The SMILES string of the molecule is CC(C)(c1ccccc1)c1ccnc(-n2c3ccccc3c3ccc(Oc4cccc(-c5nccn5-c5ccccc5)c4)cc32)c1. The second-order valence-electron chi connectivity index (χ2n) is 12.0. The molecule has 222 valence electrons. The molecule has 8 aromatic rings. The summed E-state index contributed by atoms with van der Waals surface area (Å²) in [6.45, 7) is 4.53. The topological polar surface area (TPSA) is 44.9 Å². The molecule has 46 heavy (non-hydrogen) atoms. The first-order chi connectivity index (χ1) is 22.6. The van der Waals surface area contributed by atoms with Crippen LogP contribution in [-0.4, -0.2) is 19.1 Å². The highest BCUT2D eigenvalue weighted by Crippen LogP contribution is 2.37. The molecule has 0 unspecified atom stereocenters. The number of aromatic nitrogens is 4. The largest absolute Gasteiger partial charge is 0.457 e. The van der Waals surface area contributed by atoms with Gasteiger partial charge in [-0.05, 0) is 65.7 Å². The van der Waals surface area contributed by atoms with Crippen molar-refractivity contribution in [1.82, 2.24) is 19.1 Å². The standard InChI is InChI=1S/C41H32N4O/c1-41(2,30-13-5-3-6-14-30)31-22-23-42-39(27-31)45-37-19-10-9-18-35(37)36-21-20-34(28-38(36)45)46-33-17-11-12-29(26-33)40-43-24-25-44(40)32-15-7-4-8-16-32/h3-28H,1-2H3. The summed E-state index contributed by atoms with van der Waals surface area (Å²) in [4.78, 5) is 9.55. The lowest BCUT2D eigenvalue weighted by atomic mass is 9.78. The summed E-state index contributed by atoms with van der Waals surface area (Å²) in [5, 5.41) is 2.32. The van der Waals surface area contributed by atoms with E-state index in [1.54, 1.807) is 0 Å². The van der Waals surface area contributed by atoms with Crippen molar-refractivity contribution in [1.29, 1.82) is 0 Å². The van der Waals surface area contributed by atoms with Gasteiger partial charge >= 0.3 is 0 Å². The van der Waals surface area contributed by atoms with E-state index in [4.69, 9.17) is 9.72 Å². The first-order valence-corrected chi connectivity index (χ1v) is 15.5. The van der Waals surface area contributed by atoms with Crippen molar-refractivity contribution in [2.75, 3.05) is 0 Å². The van der Waals surface area contributed by atoms with Gasteiger partial charge in [-0.2, -0.15) is 0 Å². The van der Waals surface area contributed by atoms with Gasteiger partial charge in [0.05, 0.1) is 11.0 Å². The molecule has 0 saturated heterocycles. The van der Waals surface area contributed by atoms with Crippen LogP contribution in [-0.2, 0) is 5.41 Å². The third-order valence-electron chi connectivity index (χ3n) is 8.84. The van der Waals surface area contributed by atoms with Crippen LogP contribution < -0.4 is 4.74 Å². The van der Waals surface area contributed by atoms with Gasteiger partial charge in [-0.3, -0.25) is 9.13 Å². The first-order valence-electron chi connectivity index (χ1n) is 15.5. The quantitative estimate of drug-likeness (QED) is 0.184. The Morgan fingerprint density at radius 2 is 1.30 bits per heavy atom. The van der Waals surface area contributed by atoms with Crippen LogP contribution in [0.2, 0.25) is 0 Å². The molecule has 0 aliphatic heterocycles. The van der Waals surface area contributed by atoms with E-state index < -0.39 is 0 Å². The highest BCUT2D eigenvalue weighted by molar-refractivity contribution is 6.09. The number of pyridine rings is 1. The molecule has 0 saturated carbocycles. The molecular weight excluding hydrogens is 564 g/mol. The maximum Gasteiger partial charge on any atom is 0.144 e. The lowest BCUT2D eigenvalue weighted by Crippen LogP contribution is -2.19. The molecule has 0 aliphatic rings. The van der Waals surface area contributed by atoms with Gasteiger partial charge in [0.25, 0.3) is 0 Å². The van der Waals surface area contributed by atoms with E-state index >= 15 is 0 Å². The van der Waals surface area contributed by atoms with E-state index in [1.807, 2.05) is 61.1 Å². The molecule has 0 aliphatic carbocycles. The van der Waals surface area contributed by atoms with Crippen molar-refractivity contribution in [3.05, 3.63) is 169 Å². The van der Waals surface area contributed by atoms with E-state index in [2.05, 4.69) is 125 Å². The third-order valence-corrected chi connectivity index (χ3v) is 8.84. The molecule has 0 amide bonds. The molecule has 0 radical (unpaired) electrons. The molecule has 5 heteroatoms. The number of rotatable bonds is 7. The van der Waals surface area contributed by atoms with Gasteiger partial charge in [-0.1, -0.05) is 92.7 Å². The summed E-state index contributed by atoms with van der Waals surface area (Å²) in [6, 6.07) is 48.1. The second kappa shape index (κ2) is 11.2. The van der Waals surface area contributed by atoms with Gasteiger partial charge in [0.15, 0.2) is 0 Å². The normalized spacial score (nSPS) is 11.7. The minimum absolute atomic E-state index is 0.188. The maximum absolute atomic E-state index is 6.52. The Morgan fingerprint density at radius 1 is 0.565 bits per heavy atom. The highest BCUT2D eigenvalue weighted by Gasteiger charge is 2.24. The summed E-state index contributed by atoms with van der Waals surface area (Å²) in [7, 11) is 0. The summed E-state index contributed by atoms with van der Waals surface area (Å²) >= 11 is 0. The Hall–Kier alpha value is -5.94. The van der Waals surface area contributed by atoms with Gasteiger partial charge < -0.3 is 4.74 Å². The van der Waals surface area contributed by atoms with Crippen LogP contribution in [0.25, 0.3) is 44.7 Å². The number of benzene rings is 5. The minimum Gasteiger partial charge on any atom is -0.457 e. The van der Waals surface area contributed by atoms with Crippen molar-refractivity contribution in [2.24, 2.45) is 0 Å². The number of nitrogens with zero attached hydrogens (tertiary/aromatic N) is 4. The predicted molar refractivity (Wildman–Crippen MR) is 186 cm³/mol. The molecule has 5 nitrogen and oxygen atoms in total. The Morgan fingerprint density at radius 3 is 2.15 bits per heavy atom. The second-order valence-corrected chi connectivity index (χ2v) is 12.0. The van der Waals surface area contributed by atoms with Gasteiger partial charge in [-0.25, -0.2) is 9.97 Å². The van der Waals surface area contributed by atoms with Gasteiger partial charge in [0.2, 0.25) is 0 Å². The zero-order chi connectivity index (χ0) is 31.1. The average molecular weight is 597 g/mol. The lowest BCUT2D eigenvalue weighted by Gasteiger charge is -2.26. The number of ether oxygens (including phenoxy) is 1. The van der Waals surface area contributed by atoms with Gasteiger partial charge in [0, 0.05) is 52.1 Å².